The zero-order valence-corrected chi connectivity index (χ0v) is 17.9. The Morgan fingerprint density at radius 2 is 1.76 bits per heavy atom. The number of halogens is 1. The van der Waals surface area contributed by atoms with Crippen molar-refractivity contribution >= 4 is 29.3 Å². The van der Waals surface area contributed by atoms with Crippen LogP contribution >= 0.6 is 11.6 Å². The normalized spacial score (nSPS) is 18.4. The van der Waals surface area contributed by atoms with E-state index in [0.717, 1.165) is 12.8 Å². The van der Waals surface area contributed by atoms with E-state index in [0.29, 0.717) is 49.0 Å². The number of carbonyl (C=O) groups excluding carboxylic acids is 3. The maximum atomic E-state index is 12.9. The summed E-state index contributed by atoms with van der Waals surface area (Å²) < 4.78 is 0. The molecule has 1 heterocycles. The topological polar surface area (TPSA) is 78.5 Å². The molecule has 7 heteroatoms. The lowest BCUT2D eigenvalue weighted by Crippen LogP contribution is -2.54. The molecule has 0 aromatic heterocycles. The first-order chi connectivity index (χ1) is 13.9. The van der Waals surface area contributed by atoms with Crippen molar-refractivity contribution < 1.29 is 14.4 Å². The van der Waals surface area contributed by atoms with E-state index in [9.17, 15) is 14.4 Å². The molecule has 1 aromatic carbocycles. The van der Waals surface area contributed by atoms with Crippen LogP contribution in [0.1, 0.15) is 49.9 Å². The van der Waals surface area contributed by atoms with Crippen LogP contribution in [0.3, 0.4) is 0 Å². The van der Waals surface area contributed by atoms with Crippen molar-refractivity contribution in [3.8, 4) is 0 Å². The molecule has 3 amide bonds. The second kappa shape index (κ2) is 9.61. The van der Waals surface area contributed by atoms with E-state index in [4.69, 9.17) is 11.6 Å². The number of amides is 3. The zero-order valence-electron chi connectivity index (χ0n) is 17.1. The summed E-state index contributed by atoms with van der Waals surface area (Å²) in [4.78, 5) is 39.9. The van der Waals surface area contributed by atoms with Gasteiger partial charge in [-0.3, -0.25) is 14.4 Å². The molecule has 29 heavy (non-hydrogen) atoms. The van der Waals surface area contributed by atoms with Gasteiger partial charge in [-0.15, -0.1) is 0 Å². The quantitative estimate of drug-likeness (QED) is 0.713. The van der Waals surface area contributed by atoms with E-state index in [-0.39, 0.29) is 29.6 Å². The summed E-state index contributed by atoms with van der Waals surface area (Å²) in [7, 11) is 0. The molecule has 2 aliphatic rings. The zero-order chi connectivity index (χ0) is 21.0. The monoisotopic (exact) mass is 419 g/mol. The first kappa shape index (κ1) is 21.6. The fourth-order valence-corrected chi connectivity index (χ4v) is 3.94. The molecular formula is C22H30ClN3O3. The fraction of sp³-hybridized carbons (Fsp3) is 0.591. The molecule has 0 unspecified atom stereocenters. The van der Waals surface area contributed by atoms with Crippen LogP contribution in [0.4, 0.5) is 0 Å². The summed E-state index contributed by atoms with van der Waals surface area (Å²) in [6.07, 6.45) is 3.38. The number of hydrogen-bond acceptors (Lipinski definition) is 3. The van der Waals surface area contributed by atoms with Crippen LogP contribution in [0.25, 0.3) is 0 Å². The first-order valence-electron chi connectivity index (χ1n) is 10.5. The highest BCUT2D eigenvalue weighted by atomic mass is 35.5. The number of hydrogen-bond donors (Lipinski definition) is 2. The molecule has 1 saturated heterocycles. The molecule has 0 bridgehead atoms. The van der Waals surface area contributed by atoms with Crippen molar-refractivity contribution in [2.24, 2.45) is 17.8 Å². The minimum atomic E-state index is -0.643. The molecule has 1 aliphatic carbocycles. The van der Waals surface area contributed by atoms with Gasteiger partial charge in [-0.05, 0) is 49.7 Å². The highest BCUT2D eigenvalue weighted by Crippen LogP contribution is 2.33. The van der Waals surface area contributed by atoms with Gasteiger partial charge in [-0.25, -0.2) is 0 Å². The molecule has 0 spiro atoms. The van der Waals surface area contributed by atoms with Gasteiger partial charge in [0, 0.05) is 25.6 Å². The second-order valence-electron chi connectivity index (χ2n) is 8.51. The number of nitrogens with zero attached hydrogens (tertiary/aromatic N) is 1. The standard InChI is InChI=1S/C22H30ClN3O3/c1-14(2)13-24-21(28)19(25-20(27)17-5-3-4-6-18(17)23)15-9-11-26(12-10-15)22(29)16-7-8-16/h3-6,14-16,19H,7-13H2,1-2H3,(H,24,28)(H,25,27)/t19-/m1/s1. The average molecular weight is 420 g/mol. The molecule has 2 fully saturated rings. The highest BCUT2D eigenvalue weighted by molar-refractivity contribution is 6.33. The van der Waals surface area contributed by atoms with Gasteiger partial charge in [0.25, 0.3) is 5.91 Å². The third-order valence-corrected chi connectivity index (χ3v) is 5.95. The number of rotatable bonds is 7. The van der Waals surface area contributed by atoms with Crippen LogP contribution in [0, 0.1) is 17.8 Å². The van der Waals surface area contributed by atoms with E-state index >= 15 is 0 Å². The summed E-state index contributed by atoms with van der Waals surface area (Å²) in [6, 6.07) is 6.18. The summed E-state index contributed by atoms with van der Waals surface area (Å²) in [6.45, 7) is 5.88. The van der Waals surface area contributed by atoms with Gasteiger partial charge in [0.15, 0.2) is 0 Å². The average Bonchev–Trinajstić information content (AvgIpc) is 3.55. The van der Waals surface area contributed by atoms with Crippen molar-refractivity contribution in [3.05, 3.63) is 34.9 Å². The van der Waals surface area contributed by atoms with Gasteiger partial charge in [0.2, 0.25) is 11.8 Å². The lowest BCUT2D eigenvalue weighted by Gasteiger charge is -2.36. The largest absolute Gasteiger partial charge is 0.354 e. The van der Waals surface area contributed by atoms with Crippen molar-refractivity contribution in [2.75, 3.05) is 19.6 Å². The van der Waals surface area contributed by atoms with Gasteiger partial charge in [0.05, 0.1) is 10.6 Å². The molecule has 1 aliphatic heterocycles. The summed E-state index contributed by atoms with van der Waals surface area (Å²) in [5.74, 6) is 0.220. The maximum Gasteiger partial charge on any atom is 0.253 e. The number of nitrogens with one attached hydrogen (secondary N) is 2. The van der Waals surface area contributed by atoms with Gasteiger partial charge in [-0.1, -0.05) is 37.6 Å². The molecule has 1 saturated carbocycles. The maximum absolute atomic E-state index is 12.9. The highest BCUT2D eigenvalue weighted by Gasteiger charge is 2.38. The number of piperidine rings is 1. The Balaban J connectivity index is 1.67. The third-order valence-electron chi connectivity index (χ3n) is 5.62. The molecule has 158 valence electrons. The van der Waals surface area contributed by atoms with Gasteiger partial charge in [0.1, 0.15) is 6.04 Å². The summed E-state index contributed by atoms with van der Waals surface area (Å²) in [5, 5.41) is 6.21. The van der Waals surface area contributed by atoms with E-state index in [2.05, 4.69) is 10.6 Å². The van der Waals surface area contributed by atoms with Gasteiger partial charge < -0.3 is 15.5 Å². The molecule has 0 radical (unpaired) electrons. The predicted molar refractivity (Wildman–Crippen MR) is 113 cm³/mol. The Bertz CT molecular complexity index is 755. The van der Waals surface area contributed by atoms with Crippen molar-refractivity contribution in [1.29, 1.82) is 0 Å². The summed E-state index contributed by atoms with van der Waals surface area (Å²) in [5.41, 5.74) is 0.358. The number of benzene rings is 1. The Labute approximate surface area is 177 Å². The number of likely N-dealkylation sites (tertiary alicyclic amines) is 1. The van der Waals surface area contributed by atoms with Crippen LogP contribution in [-0.4, -0.2) is 48.3 Å². The number of carbonyl (C=O) groups is 3. The van der Waals surface area contributed by atoms with Crippen LogP contribution in [0.2, 0.25) is 5.02 Å². The molecular weight excluding hydrogens is 390 g/mol. The summed E-state index contributed by atoms with van der Waals surface area (Å²) >= 11 is 6.15. The van der Waals surface area contributed by atoms with E-state index in [1.165, 1.54) is 0 Å². The predicted octanol–water partition coefficient (Wildman–Crippen LogP) is 2.86. The van der Waals surface area contributed by atoms with Crippen molar-refractivity contribution in [1.82, 2.24) is 15.5 Å². The van der Waals surface area contributed by atoms with Gasteiger partial charge >= 0.3 is 0 Å². The van der Waals surface area contributed by atoms with Crippen molar-refractivity contribution in [2.45, 2.75) is 45.6 Å². The lowest BCUT2D eigenvalue weighted by atomic mass is 9.88. The van der Waals surface area contributed by atoms with Crippen LogP contribution in [-0.2, 0) is 9.59 Å². The molecule has 2 N–H and O–H groups in total. The van der Waals surface area contributed by atoms with Crippen molar-refractivity contribution in [3.63, 3.8) is 0 Å². The Kier molecular flexibility index (Phi) is 7.17. The van der Waals surface area contributed by atoms with Gasteiger partial charge in [-0.2, -0.15) is 0 Å². The molecule has 3 rings (SSSR count). The Morgan fingerprint density at radius 1 is 1.10 bits per heavy atom. The minimum Gasteiger partial charge on any atom is -0.354 e. The van der Waals surface area contributed by atoms with E-state index in [1.54, 1.807) is 24.3 Å². The Morgan fingerprint density at radius 3 is 2.34 bits per heavy atom. The lowest BCUT2D eigenvalue weighted by molar-refractivity contribution is -0.134. The molecule has 1 atom stereocenters. The molecule has 6 nitrogen and oxygen atoms in total. The first-order valence-corrected chi connectivity index (χ1v) is 10.9. The third kappa shape index (κ3) is 5.72. The second-order valence-corrected chi connectivity index (χ2v) is 8.91. The van der Waals surface area contributed by atoms with E-state index in [1.807, 2.05) is 18.7 Å². The van der Waals surface area contributed by atoms with Crippen LogP contribution in [0.15, 0.2) is 24.3 Å². The smallest absolute Gasteiger partial charge is 0.253 e. The van der Waals surface area contributed by atoms with E-state index < -0.39 is 6.04 Å². The fourth-order valence-electron chi connectivity index (χ4n) is 3.72. The van der Waals surface area contributed by atoms with Crippen LogP contribution < -0.4 is 10.6 Å². The Hall–Kier alpha value is -2.08. The SMILES string of the molecule is CC(C)CNC(=O)[C@H](NC(=O)c1ccccc1Cl)C1CCN(C(=O)C2CC2)CC1. The van der Waals surface area contributed by atoms with Crippen LogP contribution in [0.5, 0.6) is 0 Å². The molecule has 1 aromatic rings. The minimum absolute atomic E-state index is 0.0168.